The van der Waals surface area contributed by atoms with Crippen LogP contribution < -0.4 is 4.72 Å². The highest BCUT2D eigenvalue weighted by Gasteiger charge is 2.28. The van der Waals surface area contributed by atoms with Crippen LogP contribution in [0.25, 0.3) is 0 Å². The number of sulfonamides is 1. The van der Waals surface area contributed by atoms with Gasteiger partial charge in [-0.2, -0.15) is 0 Å². The Morgan fingerprint density at radius 1 is 1.36 bits per heavy atom. The van der Waals surface area contributed by atoms with Gasteiger partial charge in [0.25, 0.3) is 5.91 Å². The van der Waals surface area contributed by atoms with Crippen molar-refractivity contribution < 1.29 is 17.6 Å². The number of amides is 1. The summed E-state index contributed by atoms with van der Waals surface area (Å²) in [5, 5.41) is 0. The average Bonchev–Trinajstić information content (AvgIpc) is 2.46. The van der Waals surface area contributed by atoms with Crippen LogP contribution in [0, 0.1) is 5.82 Å². The van der Waals surface area contributed by atoms with Gasteiger partial charge in [0, 0.05) is 19.1 Å². The third kappa shape index (κ3) is 4.51. The van der Waals surface area contributed by atoms with Gasteiger partial charge < -0.3 is 4.90 Å². The molecule has 0 radical (unpaired) electrons. The molecular weight excluding hydrogens is 307 g/mol. The fraction of sp³-hybridized carbons (Fsp3) is 0.533. The molecule has 1 saturated heterocycles. The van der Waals surface area contributed by atoms with Crippen LogP contribution in [-0.2, 0) is 10.0 Å². The lowest BCUT2D eigenvalue weighted by atomic mass is 9.98. The van der Waals surface area contributed by atoms with E-state index < -0.39 is 15.8 Å². The van der Waals surface area contributed by atoms with E-state index in [4.69, 9.17) is 0 Å². The van der Waals surface area contributed by atoms with Crippen LogP contribution in [0.2, 0.25) is 0 Å². The standard InChI is InChI=1S/C15H21FN2O3S/c1-22(20,21)17-10-9-12-6-4-5-11-18(12)15(19)13-7-2-3-8-14(13)16/h2-3,7-8,12,17H,4-6,9-11H2,1H3. The van der Waals surface area contributed by atoms with Crippen molar-refractivity contribution in [1.29, 1.82) is 0 Å². The first kappa shape index (κ1) is 16.9. The van der Waals surface area contributed by atoms with Crippen molar-refractivity contribution in [2.45, 2.75) is 31.7 Å². The number of hydrogen-bond acceptors (Lipinski definition) is 3. The Morgan fingerprint density at radius 2 is 2.09 bits per heavy atom. The van der Waals surface area contributed by atoms with Gasteiger partial charge in [-0.1, -0.05) is 12.1 Å². The zero-order chi connectivity index (χ0) is 16.2. The number of halogens is 1. The minimum absolute atomic E-state index is 0.0601. The Balaban J connectivity index is 2.06. The third-order valence-corrected chi connectivity index (χ3v) is 4.56. The number of carbonyl (C=O) groups is 1. The SMILES string of the molecule is CS(=O)(=O)NCCC1CCCCN1C(=O)c1ccccc1F. The summed E-state index contributed by atoms with van der Waals surface area (Å²) in [6.07, 6.45) is 4.33. The fourth-order valence-corrected chi connectivity index (χ4v) is 3.26. The van der Waals surface area contributed by atoms with E-state index >= 15 is 0 Å². The zero-order valence-electron chi connectivity index (χ0n) is 12.6. The molecule has 1 aromatic carbocycles. The van der Waals surface area contributed by atoms with Crippen molar-refractivity contribution in [3.8, 4) is 0 Å². The van der Waals surface area contributed by atoms with Gasteiger partial charge in [0.15, 0.2) is 0 Å². The molecule has 1 aliphatic heterocycles. The monoisotopic (exact) mass is 328 g/mol. The maximum atomic E-state index is 13.8. The van der Waals surface area contributed by atoms with Crippen molar-refractivity contribution >= 4 is 15.9 Å². The highest BCUT2D eigenvalue weighted by atomic mass is 32.2. The van der Waals surface area contributed by atoms with Gasteiger partial charge >= 0.3 is 0 Å². The van der Waals surface area contributed by atoms with Crippen LogP contribution in [0.5, 0.6) is 0 Å². The first-order valence-electron chi connectivity index (χ1n) is 7.38. The zero-order valence-corrected chi connectivity index (χ0v) is 13.4. The molecule has 1 amide bonds. The van der Waals surface area contributed by atoms with Gasteiger partial charge in [-0.05, 0) is 37.8 Å². The molecule has 7 heteroatoms. The smallest absolute Gasteiger partial charge is 0.257 e. The number of nitrogens with zero attached hydrogens (tertiary/aromatic N) is 1. The summed E-state index contributed by atoms with van der Waals surface area (Å²) in [6, 6.07) is 5.89. The van der Waals surface area contributed by atoms with Gasteiger partial charge in [0.05, 0.1) is 11.8 Å². The predicted octanol–water partition coefficient (Wildman–Crippen LogP) is 1.76. The molecule has 2 rings (SSSR count). The van der Waals surface area contributed by atoms with E-state index in [1.807, 2.05) is 0 Å². The second-order valence-electron chi connectivity index (χ2n) is 5.58. The average molecular weight is 328 g/mol. The highest BCUT2D eigenvalue weighted by molar-refractivity contribution is 7.88. The molecule has 1 aliphatic rings. The molecule has 0 aliphatic carbocycles. The Labute approximate surface area is 130 Å². The molecule has 0 aromatic heterocycles. The van der Waals surface area contributed by atoms with E-state index in [1.54, 1.807) is 17.0 Å². The quantitative estimate of drug-likeness (QED) is 0.896. The summed E-state index contributed by atoms with van der Waals surface area (Å²) in [4.78, 5) is 14.2. The molecule has 1 fully saturated rings. The maximum absolute atomic E-state index is 13.8. The van der Waals surface area contributed by atoms with E-state index in [2.05, 4.69) is 4.72 Å². The van der Waals surface area contributed by atoms with E-state index in [0.717, 1.165) is 25.5 Å². The molecule has 1 unspecified atom stereocenters. The normalized spacial score (nSPS) is 19.2. The largest absolute Gasteiger partial charge is 0.336 e. The molecule has 5 nitrogen and oxygen atoms in total. The topological polar surface area (TPSA) is 66.5 Å². The molecule has 0 spiro atoms. The molecule has 0 bridgehead atoms. The Kier molecular flexibility index (Phi) is 5.52. The summed E-state index contributed by atoms with van der Waals surface area (Å²) in [5.41, 5.74) is 0.0745. The van der Waals surface area contributed by atoms with Crippen molar-refractivity contribution in [3.05, 3.63) is 35.6 Å². The second kappa shape index (κ2) is 7.19. The summed E-state index contributed by atoms with van der Waals surface area (Å²) in [6.45, 7) is 0.862. The molecule has 0 saturated carbocycles. The number of carbonyl (C=O) groups excluding carboxylic acids is 1. The number of likely N-dealkylation sites (tertiary alicyclic amines) is 1. The van der Waals surface area contributed by atoms with Crippen molar-refractivity contribution in [2.75, 3.05) is 19.3 Å². The lowest BCUT2D eigenvalue weighted by Gasteiger charge is -2.36. The lowest BCUT2D eigenvalue weighted by Crippen LogP contribution is -2.45. The van der Waals surface area contributed by atoms with Crippen LogP contribution in [0.4, 0.5) is 4.39 Å². The number of benzene rings is 1. The fourth-order valence-electron chi connectivity index (χ4n) is 2.77. The van der Waals surface area contributed by atoms with Crippen LogP contribution in [0.3, 0.4) is 0 Å². The number of nitrogens with one attached hydrogen (secondary N) is 1. The van der Waals surface area contributed by atoms with Crippen LogP contribution in [0.15, 0.2) is 24.3 Å². The number of rotatable bonds is 5. The van der Waals surface area contributed by atoms with E-state index in [1.165, 1.54) is 12.1 Å². The van der Waals surface area contributed by atoms with Gasteiger partial charge in [0.1, 0.15) is 5.82 Å². The number of piperidine rings is 1. The molecule has 1 N–H and O–H groups in total. The summed E-state index contributed by atoms with van der Waals surface area (Å²) >= 11 is 0. The minimum Gasteiger partial charge on any atom is -0.336 e. The molecule has 122 valence electrons. The Hall–Kier alpha value is -1.47. The van der Waals surface area contributed by atoms with E-state index in [9.17, 15) is 17.6 Å². The highest BCUT2D eigenvalue weighted by Crippen LogP contribution is 2.22. The van der Waals surface area contributed by atoms with Crippen molar-refractivity contribution in [1.82, 2.24) is 9.62 Å². The van der Waals surface area contributed by atoms with Crippen LogP contribution >= 0.6 is 0 Å². The van der Waals surface area contributed by atoms with Crippen molar-refractivity contribution in [2.24, 2.45) is 0 Å². The van der Waals surface area contributed by atoms with Gasteiger partial charge in [-0.3, -0.25) is 4.79 Å². The van der Waals surface area contributed by atoms with E-state index in [0.29, 0.717) is 13.0 Å². The summed E-state index contributed by atoms with van der Waals surface area (Å²) in [5.74, 6) is -0.840. The maximum Gasteiger partial charge on any atom is 0.257 e. The first-order chi connectivity index (χ1) is 10.4. The molecule has 1 aromatic rings. The lowest BCUT2D eigenvalue weighted by molar-refractivity contribution is 0.0599. The summed E-state index contributed by atoms with van der Waals surface area (Å²) < 4.78 is 38.5. The third-order valence-electron chi connectivity index (χ3n) is 3.83. The molecular formula is C15H21FN2O3S. The van der Waals surface area contributed by atoms with Crippen molar-refractivity contribution in [3.63, 3.8) is 0 Å². The van der Waals surface area contributed by atoms with Crippen LogP contribution in [-0.4, -0.2) is 44.6 Å². The van der Waals surface area contributed by atoms with Crippen LogP contribution in [0.1, 0.15) is 36.0 Å². The predicted molar refractivity (Wildman–Crippen MR) is 82.5 cm³/mol. The molecule has 1 heterocycles. The Bertz CT molecular complexity index is 633. The first-order valence-corrected chi connectivity index (χ1v) is 9.28. The molecule has 1 atom stereocenters. The second-order valence-corrected chi connectivity index (χ2v) is 7.42. The van der Waals surface area contributed by atoms with Gasteiger partial charge in [-0.15, -0.1) is 0 Å². The molecule has 22 heavy (non-hydrogen) atoms. The number of hydrogen-bond donors (Lipinski definition) is 1. The van der Waals surface area contributed by atoms with E-state index in [-0.39, 0.29) is 24.1 Å². The Morgan fingerprint density at radius 3 is 2.77 bits per heavy atom. The minimum atomic E-state index is -3.23. The van der Waals surface area contributed by atoms with Gasteiger partial charge in [-0.25, -0.2) is 17.5 Å². The van der Waals surface area contributed by atoms with Gasteiger partial charge in [0.2, 0.25) is 10.0 Å². The summed E-state index contributed by atoms with van der Waals surface area (Å²) in [7, 11) is -3.23.